The van der Waals surface area contributed by atoms with E-state index in [1.54, 1.807) is 0 Å². The summed E-state index contributed by atoms with van der Waals surface area (Å²) in [6.45, 7) is 1.63. The number of hydrogen-bond donors (Lipinski definition) is 2. The number of nitrogens with one attached hydrogen (secondary N) is 1. The number of benzene rings is 1. The monoisotopic (exact) mass is 281 g/mol. The number of carbonyl (C=O) groups is 2. The van der Waals surface area contributed by atoms with E-state index in [4.69, 9.17) is 4.74 Å². The fourth-order valence-corrected chi connectivity index (χ4v) is 1.60. The van der Waals surface area contributed by atoms with Gasteiger partial charge in [0.1, 0.15) is 12.6 Å². The third-order valence-corrected chi connectivity index (χ3v) is 2.57. The van der Waals surface area contributed by atoms with Gasteiger partial charge < -0.3 is 19.9 Å². The van der Waals surface area contributed by atoms with Gasteiger partial charge in [-0.25, -0.2) is 9.59 Å². The summed E-state index contributed by atoms with van der Waals surface area (Å²) in [7, 11) is 1.22. The van der Waals surface area contributed by atoms with Crippen LogP contribution in [-0.2, 0) is 20.9 Å². The largest absolute Gasteiger partial charge is 0.467 e. The molecule has 1 rings (SSSR count). The van der Waals surface area contributed by atoms with Crippen molar-refractivity contribution in [2.45, 2.75) is 32.1 Å². The molecule has 0 saturated heterocycles. The highest BCUT2D eigenvalue weighted by molar-refractivity contribution is 5.81. The molecule has 0 aliphatic rings. The van der Waals surface area contributed by atoms with Gasteiger partial charge in [-0.1, -0.05) is 30.3 Å². The molecule has 6 heteroatoms. The maximum Gasteiger partial charge on any atom is 0.408 e. The highest BCUT2D eigenvalue weighted by atomic mass is 16.6. The van der Waals surface area contributed by atoms with Crippen molar-refractivity contribution < 1.29 is 24.2 Å². The topological polar surface area (TPSA) is 84.9 Å². The molecule has 0 aliphatic heterocycles. The second kappa shape index (κ2) is 8.16. The van der Waals surface area contributed by atoms with Crippen LogP contribution >= 0.6 is 0 Å². The smallest absolute Gasteiger partial charge is 0.408 e. The fourth-order valence-electron chi connectivity index (χ4n) is 1.60. The number of aliphatic hydroxyl groups excluding tert-OH is 1. The second-order valence-electron chi connectivity index (χ2n) is 4.37. The van der Waals surface area contributed by atoms with Gasteiger partial charge in [0.05, 0.1) is 13.2 Å². The first-order chi connectivity index (χ1) is 9.52. The van der Waals surface area contributed by atoms with Crippen molar-refractivity contribution in [2.75, 3.05) is 7.11 Å². The molecule has 0 radical (unpaired) electrons. The molecule has 0 aromatic heterocycles. The van der Waals surface area contributed by atoms with Crippen molar-refractivity contribution in [3.63, 3.8) is 0 Å². The third-order valence-electron chi connectivity index (χ3n) is 2.57. The van der Waals surface area contributed by atoms with E-state index in [1.807, 2.05) is 30.3 Å². The molecule has 20 heavy (non-hydrogen) atoms. The number of alkyl carbamates (subject to hydrolysis) is 1. The van der Waals surface area contributed by atoms with Crippen molar-refractivity contribution in [1.82, 2.24) is 5.32 Å². The van der Waals surface area contributed by atoms with Crippen molar-refractivity contribution in [3.05, 3.63) is 35.9 Å². The van der Waals surface area contributed by atoms with Crippen LogP contribution in [0.5, 0.6) is 0 Å². The van der Waals surface area contributed by atoms with Gasteiger partial charge in [0.15, 0.2) is 0 Å². The van der Waals surface area contributed by atoms with Gasteiger partial charge in [0, 0.05) is 6.42 Å². The van der Waals surface area contributed by atoms with Crippen LogP contribution in [0, 0.1) is 0 Å². The van der Waals surface area contributed by atoms with Crippen molar-refractivity contribution >= 4 is 12.1 Å². The van der Waals surface area contributed by atoms with Gasteiger partial charge in [-0.3, -0.25) is 0 Å². The van der Waals surface area contributed by atoms with Crippen LogP contribution in [0.15, 0.2) is 30.3 Å². The van der Waals surface area contributed by atoms with E-state index >= 15 is 0 Å². The molecular formula is C14H19NO5. The van der Waals surface area contributed by atoms with E-state index in [1.165, 1.54) is 14.0 Å². The van der Waals surface area contributed by atoms with Crippen LogP contribution in [0.1, 0.15) is 18.9 Å². The summed E-state index contributed by atoms with van der Waals surface area (Å²) in [6.07, 6.45) is -1.41. The van der Waals surface area contributed by atoms with E-state index < -0.39 is 24.2 Å². The fraction of sp³-hybridized carbons (Fsp3) is 0.429. The van der Waals surface area contributed by atoms with Crippen molar-refractivity contribution in [2.24, 2.45) is 0 Å². The van der Waals surface area contributed by atoms with Crippen LogP contribution < -0.4 is 5.32 Å². The summed E-state index contributed by atoms with van der Waals surface area (Å²) < 4.78 is 9.55. The summed E-state index contributed by atoms with van der Waals surface area (Å²) in [4.78, 5) is 23.1. The Kier molecular flexibility index (Phi) is 6.52. The lowest BCUT2D eigenvalue weighted by Gasteiger charge is -2.17. The maximum absolute atomic E-state index is 11.6. The minimum atomic E-state index is -0.928. The molecule has 0 unspecified atom stereocenters. The second-order valence-corrected chi connectivity index (χ2v) is 4.37. The number of ether oxygens (including phenoxy) is 2. The highest BCUT2D eigenvalue weighted by Crippen LogP contribution is 2.03. The van der Waals surface area contributed by atoms with Crippen LogP contribution in [0.3, 0.4) is 0 Å². The molecule has 1 aromatic carbocycles. The van der Waals surface area contributed by atoms with Crippen LogP contribution in [0.2, 0.25) is 0 Å². The molecule has 110 valence electrons. The summed E-state index contributed by atoms with van der Waals surface area (Å²) in [5.74, 6) is -0.623. The zero-order valence-electron chi connectivity index (χ0n) is 11.5. The number of amides is 1. The van der Waals surface area contributed by atoms with Crippen LogP contribution in [0.4, 0.5) is 4.79 Å². The number of hydrogen-bond acceptors (Lipinski definition) is 5. The van der Waals surface area contributed by atoms with Crippen LogP contribution in [-0.4, -0.2) is 36.4 Å². The summed E-state index contributed by atoms with van der Waals surface area (Å²) in [6, 6.07) is 8.24. The molecule has 2 N–H and O–H groups in total. The average molecular weight is 281 g/mol. The summed E-state index contributed by atoms with van der Waals surface area (Å²) in [5.41, 5.74) is 0.841. The Balaban J connectivity index is 2.47. The van der Waals surface area contributed by atoms with Gasteiger partial charge in [-0.2, -0.15) is 0 Å². The van der Waals surface area contributed by atoms with Gasteiger partial charge in [0.25, 0.3) is 0 Å². The minimum Gasteiger partial charge on any atom is -0.467 e. The Morgan fingerprint density at radius 2 is 1.95 bits per heavy atom. The molecule has 6 nitrogen and oxygen atoms in total. The normalized spacial score (nSPS) is 13.2. The van der Waals surface area contributed by atoms with Gasteiger partial charge >= 0.3 is 12.1 Å². The van der Waals surface area contributed by atoms with Gasteiger partial charge in [-0.05, 0) is 12.5 Å². The Hall–Kier alpha value is -2.08. The van der Waals surface area contributed by atoms with E-state index in [9.17, 15) is 14.7 Å². The number of rotatable bonds is 6. The minimum absolute atomic E-state index is 0.0626. The van der Waals surface area contributed by atoms with Gasteiger partial charge in [-0.15, -0.1) is 0 Å². The first-order valence-electron chi connectivity index (χ1n) is 6.26. The van der Waals surface area contributed by atoms with E-state index in [-0.39, 0.29) is 13.0 Å². The van der Waals surface area contributed by atoms with Crippen molar-refractivity contribution in [1.29, 1.82) is 0 Å². The average Bonchev–Trinajstić information content (AvgIpc) is 2.44. The van der Waals surface area contributed by atoms with E-state index in [2.05, 4.69) is 10.1 Å². The number of carbonyl (C=O) groups excluding carboxylic acids is 2. The quantitative estimate of drug-likeness (QED) is 0.766. The molecule has 2 atom stereocenters. The molecule has 0 aliphatic carbocycles. The SMILES string of the molecule is COC(=O)[C@@H](C[C@@H](C)O)NC(=O)OCc1ccccc1. The Bertz CT molecular complexity index is 432. The molecular weight excluding hydrogens is 262 g/mol. The lowest BCUT2D eigenvalue weighted by atomic mass is 10.1. The zero-order chi connectivity index (χ0) is 15.0. The summed E-state index contributed by atoms with van der Waals surface area (Å²) >= 11 is 0. The molecule has 0 fully saturated rings. The van der Waals surface area contributed by atoms with Crippen LogP contribution in [0.25, 0.3) is 0 Å². The molecule has 0 bridgehead atoms. The third kappa shape index (κ3) is 5.71. The standard InChI is InChI=1S/C14H19NO5/c1-10(16)8-12(13(17)19-2)15-14(18)20-9-11-6-4-3-5-7-11/h3-7,10,12,16H,8-9H2,1-2H3,(H,15,18)/t10-,12-/m1/s1. The number of esters is 1. The predicted octanol–water partition coefficient (Wildman–Crippen LogP) is 1.23. The lowest BCUT2D eigenvalue weighted by Crippen LogP contribution is -2.43. The summed E-state index contributed by atoms with van der Waals surface area (Å²) in [5, 5.41) is 11.7. The Labute approximate surface area is 117 Å². The number of methoxy groups -OCH3 is 1. The lowest BCUT2D eigenvalue weighted by molar-refractivity contribution is -0.143. The first kappa shape index (κ1) is 16.0. The maximum atomic E-state index is 11.6. The predicted molar refractivity (Wildman–Crippen MR) is 71.9 cm³/mol. The highest BCUT2D eigenvalue weighted by Gasteiger charge is 2.23. The van der Waals surface area contributed by atoms with Crippen molar-refractivity contribution in [3.8, 4) is 0 Å². The zero-order valence-corrected chi connectivity index (χ0v) is 11.5. The Morgan fingerprint density at radius 1 is 1.30 bits per heavy atom. The van der Waals surface area contributed by atoms with E-state index in [0.29, 0.717) is 0 Å². The van der Waals surface area contributed by atoms with E-state index in [0.717, 1.165) is 5.56 Å². The molecule has 1 aromatic rings. The molecule has 1 amide bonds. The number of aliphatic hydroxyl groups is 1. The molecule has 0 heterocycles. The first-order valence-corrected chi connectivity index (χ1v) is 6.26. The molecule has 0 spiro atoms. The Morgan fingerprint density at radius 3 is 2.50 bits per heavy atom. The molecule has 0 saturated carbocycles. The van der Waals surface area contributed by atoms with Gasteiger partial charge in [0.2, 0.25) is 0 Å².